The number of nitrogens with one attached hydrogen (secondary N) is 1. The molecule has 0 radical (unpaired) electrons. The molecule has 23 heavy (non-hydrogen) atoms. The molecule has 2 rings (SSSR count). The van der Waals surface area contributed by atoms with Gasteiger partial charge in [-0.2, -0.15) is 18.3 Å². The van der Waals surface area contributed by atoms with Crippen molar-refractivity contribution in [3.05, 3.63) is 53.6 Å². The number of alkyl halides is 3. The summed E-state index contributed by atoms with van der Waals surface area (Å²) in [6.07, 6.45) is -2.85. The summed E-state index contributed by atoms with van der Waals surface area (Å²) in [5, 5.41) is 4.00. The van der Waals surface area contributed by atoms with Gasteiger partial charge in [0.05, 0.1) is 31.7 Å². The Bertz CT molecular complexity index is 683. The van der Waals surface area contributed by atoms with Crippen LogP contribution in [-0.4, -0.2) is 20.4 Å². The molecule has 2 aromatic rings. The molecule has 0 aliphatic heterocycles. The average Bonchev–Trinajstić information content (AvgIpc) is 2.54. The Morgan fingerprint density at radius 1 is 1.00 bits per heavy atom. The number of ether oxygens (including phenoxy) is 2. The van der Waals surface area contributed by atoms with E-state index in [0.717, 1.165) is 12.1 Å². The van der Waals surface area contributed by atoms with Gasteiger partial charge in [0.2, 0.25) is 0 Å². The Balaban J connectivity index is 2.10. The van der Waals surface area contributed by atoms with Crippen LogP contribution in [-0.2, 0) is 6.18 Å². The fourth-order valence-electron chi connectivity index (χ4n) is 1.85. The number of hydrazone groups is 1. The standard InChI is InChI=1S/C16H15F3N2O2/c1-22-14-7-8-15(23-2)11(9-14)10-20-21-13-5-3-12(4-6-13)16(17,18)19/h3-10,21H,1-2H3. The molecule has 0 fully saturated rings. The highest BCUT2D eigenvalue weighted by atomic mass is 19.4. The second-order valence-corrected chi connectivity index (χ2v) is 4.55. The first-order chi connectivity index (χ1) is 10.9. The highest BCUT2D eigenvalue weighted by molar-refractivity contribution is 5.84. The van der Waals surface area contributed by atoms with Gasteiger partial charge < -0.3 is 9.47 Å². The van der Waals surface area contributed by atoms with E-state index in [-0.39, 0.29) is 0 Å². The van der Waals surface area contributed by atoms with Gasteiger partial charge in [-0.15, -0.1) is 0 Å². The minimum atomic E-state index is -4.35. The van der Waals surface area contributed by atoms with E-state index in [0.29, 0.717) is 22.7 Å². The lowest BCUT2D eigenvalue weighted by Gasteiger charge is -2.08. The van der Waals surface area contributed by atoms with Gasteiger partial charge in [-0.1, -0.05) is 0 Å². The molecule has 0 bridgehead atoms. The lowest BCUT2D eigenvalue weighted by Crippen LogP contribution is -2.04. The normalized spacial score (nSPS) is 11.5. The van der Waals surface area contributed by atoms with Crippen LogP contribution in [0, 0.1) is 0 Å². The Labute approximate surface area is 131 Å². The highest BCUT2D eigenvalue weighted by Gasteiger charge is 2.29. The predicted octanol–water partition coefficient (Wildman–Crippen LogP) is 4.17. The van der Waals surface area contributed by atoms with Crippen molar-refractivity contribution in [2.24, 2.45) is 5.10 Å². The van der Waals surface area contributed by atoms with Crippen LogP contribution >= 0.6 is 0 Å². The summed E-state index contributed by atoms with van der Waals surface area (Å²) < 4.78 is 47.7. The summed E-state index contributed by atoms with van der Waals surface area (Å²) in [6, 6.07) is 9.81. The van der Waals surface area contributed by atoms with Crippen LogP contribution in [0.5, 0.6) is 11.5 Å². The molecule has 0 unspecified atom stereocenters. The maximum atomic E-state index is 12.5. The van der Waals surface area contributed by atoms with Crippen LogP contribution in [0.15, 0.2) is 47.6 Å². The third-order valence-corrected chi connectivity index (χ3v) is 3.05. The highest BCUT2D eigenvalue weighted by Crippen LogP contribution is 2.29. The van der Waals surface area contributed by atoms with E-state index in [1.165, 1.54) is 25.5 Å². The largest absolute Gasteiger partial charge is 0.497 e. The number of benzene rings is 2. The Kier molecular flexibility index (Phi) is 5.10. The quantitative estimate of drug-likeness (QED) is 0.663. The molecule has 0 aliphatic carbocycles. The first-order valence-corrected chi connectivity index (χ1v) is 6.62. The molecule has 0 amide bonds. The number of halogens is 3. The molecular formula is C16H15F3N2O2. The zero-order chi connectivity index (χ0) is 16.9. The van der Waals surface area contributed by atoms with Gasteiger partial charge in [-0.25, -0.2) is 0 Å². The fraction of sp³-hybridized carbons (Fsp3) is 0.188. The van der Waals surface area contributed by atoms with Crippen LogP contribution in [0.4, 0.5) is 18.9 Å². The molecule has 0 spiro atoms. The molecule has 4 nitrogen and oxygen atoms in total. The summed E-state index contributed by atoms with van der Waals surface area (Å²) >= 11 is 0. The van der Waals surface area contributed by atoms with Crippen molar-refractivity contribution in [1.29, 1.82) is 0 Å². The molecule has 0 aliphatic rings. The summed E-state index contributed by atoms with van der Waals surface area (Å²) in [5.41, 5.74) is 3.07. The lowest BCUT2D eigenvalue weighted by atomic mass is 10.2. The summed E-state index contributed by atoms with van der Waals surface area (Å²) in [4.78, 5) is 0. The minimum Gasteiger partial charge on any atom is -0.497 e. The Morgan fingerprint density at radius 3 is 2.26 bits per heavy atom. The maximum absolute atomic E-state index is 12.5. The van der Waals surface area contributed by atoms with Gasteiger partial charge in [-0.3, -0.25) is 5.43 Å². The van der Waals surface area contributed by atoms with Crippen molar-refractivity contribution >= 4 is 11.9 Å². The molecule has 0 saturated carbocycles. The lowest BCUT2D eigenvalue weighted by molar-refractivity contribution is -0.137. The number of methoxy groups -OCH3 is 2. The topological polar surface area (TPSA) is 42.9 Å². The number of rotatable bonds is 5. The third-order valence-electron chi connectivity index (χ3n) is 3.05. The van der Waals surface area contributed by atoms with Gasteiger partial charge in [0.15, 0.2) is 0 Å². The van der Waals surface area contributed by atoms with Gasteiger partial charge in [-0.05, 0) is 42.5 Å². The zero-order valence-corrected chi connectivity index (χ0v) is 12.5. The van der Waals surface area contributed by atoms with Gasteiger partial charge in [0.25, 0.3) is 0 Å². The molecule has 2 aromatic carbocycles. The molecule has 7 heteroatoms. The van der Waals surface area contributed by atoms with Gasteiger partial charge in [0, 0.05) is 5.56 Å². The van der Waals surface area contributed by atoms with Gasteiger partial charge >= 0.3 is 6.18 Å². The van der Waals surface area contributed by atoms with Crippen molar-refractivity contribution in [3.8, 4) is 11.5 Å². The third kappa shape index (κ3) is 4.38. The molecule has 0 aromatic heterocycles. The van der Waals surface area contributed by atoms with Crippen molar-refractivity contribution in [3.63, 3.8) is 0 Å². The van der Waals surface area contributed by atoms with Crippen LogP contribution in [0.25, 0.3) is 0 Å². The van der Waals surface area contributed by atoms with Crippen LogP contribution in [0.2, 0.25) is 0 Å². The average molecular weight is 324 g/mol. The van der Waals surface area contributed by atoms with Crippen LogP contribution in [0.3, 0.4) is 0 Å². The molecule has 0 heterocycles. The molecule has 0 atom stereocenters. The van der Waals surface area contributed by atoms with Crippen molar-refractivity contribution in [1.82, 2.24) is 0 Å². The fourth-order valence-corrected chi connectivity index (χ4v) is 1.85. The van der Waals surface area contributed by atoms with Crippen LogP contribution < -0.4 is 14.9 Å². The Hall–Kier alpha value is -2.70. The Morgan fingerprint density at radius 2 is 1.70 bits per heavy atom. The van der Waals surface area contributed by atoms with E-state index in [2.05, 4.69) is 10.5 Å². The second kappa shape index (κ2) is 7.04. The minimum absolute atomic E-state index is 0.441. The zero-order valence-electron chi connectivity index (χ0n) is 12.5. The van der Waals surface area contributed by atoms with Crippen molar-refractivity contribution in [2.75, 3.05) is 19.6 Å². The van der Waals surface area contributed by atoms with E-state index in [1.807, 2.05) is 0 Å². The van der Waals surface area contributed by atoms with E-state index < -0.39 is 11.7 Å². The SMILES string of the molecule is COc1ccc(OC)c(C=NNc2ccc(C(F)(F)F)cc2)c1. The second-order valence-electron chi connectivity index (χ2n) is 4.55. The van der Waals surface area contributed by atoms with E-state index >= 15 is 0 Å². The number of hydrogen-bond donors (Lipinski definition) is 1. The summed E-state index contributed by atoms with van der Waals surface area (Å²) in [7, 11) is 3.08. The summed E-state index contributed by atoms with van der Waals surface area (Å²) in [6.45, 7) is 0. The molecule has 122 valence electrons. The molecule has 0 saturated heterocycles. The van der Waals surface area contributed by atoms with Gasteiger partial charge in [0.1, 0.15) is 11.5 Å². The smallest absolute Gasteiger partial charge is 0.416 e. The van der Waals surface area contributed by atoms with E-state index in [4.69, 9.17) is 9.47 Å². The summed E-state index contributed by atoms with van der Waals surface area (Å²) in [5.74, 6) is 1.24. The molecular weight excluding hydrogens is 309 g/mol. The van der Waals surface area contributed by atoms with Crippen LogP contribution in [0.1, 0.15) is 11.1 Å². The predicted molar refractivity (Wildman–Crippen MR) is 82.2 cm³/mol. The monoisotopic (exact) mass is 324 g/mol. The van der Waals surface area contributed by atoms with Crippen molar-refractivity contribution < 1.29 is 22.6 Å². The maximum Gasteiger partial charge on any atom is 0.416 e. The number of hydrogen-bond acceptors (Lipinski definition) is 4. The molecule has 1 N–H and O–H groups in total. The number of anilines is 1. The van der Waals surface area contributed by atoms with E-state index in [1.54, 1.807) is 25.3 Å². The number of nitrogens with zero attached hydrogens (tertiary/aromatic N) is 1. The van der Waals surface area contributed by atoms with Crippen molar-refractivity contribution in [2.45, 2.75) is 6.18 Å². The van der Waals surface area contributed by atoms with E-state index in [9.17, 15) is 13.2 Å². The first-order valence-electron chi connectivity index (χ1n) is 6.62. The first kappa shape index (κ1) is 16.7.